The van der Waals surface area contributed by atoms with Gasteiger partial charge in [0, 0.05) is 0 Å². The predicted molar refractivity (Wildman–Crippen MR) is 44.6 cm³/mol. The fourth-order valence-corrected chi connectivity index (χ4v) is 2.48. The van der Waals surface area contributed by atoms with Crippen molar-refractivity contribution in [1.29, 1.82) is 0 Å². The maximum atomic E-state index is 10.9. The standard InChI is InChI=1S/C7H4IO2/c9-7-5-3-1-2-4-6(5)8-10-7/h1-4H. The average Bonchev–Trinajstić information content (AvgIpc) is 2.34. The van der Waals surface area contributed by atoms with E-state index in [1.807, 2.05) is 24.3 Å². The van der Waals surface area contributed by atoms with Crippen LogP contribution in [0.1, 0.15) is 10.4 Å². The highest BCUT2D eigenvalue weighted by atomic mass is 127. The van der Waals surface area contributed by atoms with Gasteiger partial charge in [-0.1, -0.05) is 12.1 Å². The maximum absolute atomic E-state index is 10.9. The molecule has 0 aromatic heterocycles. The van der Waals surface area contributed by atoms with Gasteiger partial charge in [-0.25, -0.2) is 4.79 Å². The molecular weight excluding hydrogens is 243 g/mol. The molecule has 0 bridgehead atoms. The highest BCUT2D eigenvalue weighted by Crippen LogP contribution is 2.34. The molecule has 2 rings (SSSR count). The summed E-state index contributed by atoms with van der Waals surface area (Å²) in [5.41, 5.74) is 0.760. The lowest BCUT2D eigenvalue weighted by molar-refractivity contribution is 0.0804. The quantitative estimate of drug-likeness (QED) is 0.654. The minimum absolute atomic E-state index is 0.150. The molecule has 3 heteroatoms. The number of rotatable bonds is 0. The van der Waals surface area contributed by atoms with Crippen LogP contribution in [0, 0.1) is 3.57 Å². The highest BCUT2D eigenvalue weighted by molar-refractivity contribution is 14.2. The van der Waals surface area contributed by atoms with E-state index in [4.69, 9.17) is 3.07 Å². The van der Waals surface area contributed by atoms with E-state index in [2.05, 4.69) is 0 Å². The van der Waals surface area contributed by atoms with Gasteiger partial charge in [0.05, 0.1) is 9.13 Å². The summed E-state index contributed by atoms with van der Waals surface area (Å²) in [6.07, 6.45) is 0. The van der Waals surface area contributed by atoms with Crippen molar-refractivity contribution in [2.75, 3.05) is 0 Å². The number of halogens is 1. The summed E-state index contributed by atoms with van der Waals surface area (Å²) in [5, 5.41) is 0. The van der Waals surface area contributed by atoms with Crippen LogP contribution in [0.4, 0.5) is 0 Å². The van der Waals surface area contributed by atoms with E-state index >= 15 is 0 Å². The number of carbonyl (C=O) groups excluding carboxylic acids is 1. The fourth-order valence-electron chi connectivity index (χ4n) is 0.812. The first-order chi connectivity index (χ1) is 4.88. The highest BCUT2D eigenvalue weighted by Gasteiger charge is 2.21. The van der Waals surface area contributed by atoms with Crippen LogP contribution in [0.3, 0.4) is 0 Å². The fraction of sp³-hybridized carbons (Fsp3) is 0. The third-order valence-corrected chi connectivity index (χ3v) is 3.32. The molecule has 0 N–H and O–H groups in total. The first-order valence-electron chi connectivity index (χ1n) is 2.83. The minimum Gasteiger partial charge on any atom is -0.399 e. The summed E-state index contributed by atoms with van der Waals surface area (Å²) in [4.78, 5) is 10.9. The predicted octanol–water partition coefficient (Wildman–Crippen LogP) is 1.91. The maximum Gasteiger partial charge on any atom is 0.348 e. The summed E-state index contributed by atoms with van der Waals surface area (Å²) >= 11 is -0.467. The Bertz CT molecular complexity index is 283. The minimum atomic E-state index is -0.467. The van der Waals surface area contributed by atoms with Crippen LogP contribution in [0.15, 0.2) is 24.3 Å². The lowest BCUT2D eigenvalue weighted by Crippen LogP contribution is -1.92. The zero-order valence-electron chi connectivity index (χ0n) is 5.00. The van der Waals surface area contributed by atoms with Crippen LogP contribution in [-0.4, -0.2) is 5.97 Å². The smallest absolute Gasteiger partial charge is 0.348 e. The second-order valence-corrected chi connectivity index (χ2v) is 3.96. The van der Waals surface area contributed by atoms with E-state index in [0.717, 1.165) is 9.13 Å². The lowest BCUT2D eigenvalue weighted by Gasteiger charge is -1.86. The molecule has 10 heavy (non-hydrogen) atoms. The van der Waals surface area contributed by atoms with E-state index in [1.165, 1.54) is 0 Å². The van der Waals surface area contributed by atoms with Gasteiger partial charge in [0.25, 0.3) is 0 Å². The largest absolute Gasteiger partial charge is 0.399 e. The molecule has 0 atom stereocenters. The molecular formula is C7H4IO2. The Morgan fingerprint density at radius 3 is 2.90 bits per heavy atom. The summed E-state index contributed by atoms with van der Waals surface area (Å²) in [7, 11) is 0. The summed E-state index contributed by atoms with van der Waals surface area (Å²) in [6, 6.07) is 7.55. The van der Waals surface area contributed by atoms with Gasteiger partial charge in [0.2, 0.25) is 0 Å². The van der Waals surface area contributed by atoms with Crippen molar-refractivity contribution in [2.24, 2.45) is 0 Å². The van der Waals surface area contributed by atoms with Gasteiger partial charge in [0.15, 0.2) is 0 Å². The monoisotopic (exact) mass is 247 g/mol. The molecule has 1 radical (unpaired) electrons. The van der Waals surface area contributed by atoms with Gasteiger partial charge in [-0.05, 0) is 12.1 Å². The van der Waals surface area contributed by atoms with Crippen LogP contribution in [0.25, 0.3) is 0 Å². The van der Waals surface area contributed by atoms with Crippen LogP contribution in [0.2, 0.25) is 0 Å². The first-order valence-corrected chi connectivity index (χ1v) is 4.79. The Morgan fingerprint density at radius 1 is 1.30 bits per heavy atom. The molecule has 0 saturated heterocycles. The van der Waals surface area contributed by atoms with Gasteiger partial charge in [-0.2, -0.15) is 0 Å². The number of carbonyl (C=O) groups is 1. The van der Waals surface area contributed by atoms with Crippen LogP contribution < -0.4 is 0 Å². The molecule has 0 unspecified atom stereocenters. The van der Waals surface area contributed by atoms with E-state index < -0.39 is 21.6 Å². The number of hydrogen-bond donors (Lipinski definition) is 0. The van der Waals surface area contributed by atoms with Gasteiger partial charge < -0.3 is 3.07 Å². The van der Waals surface area contributed by atoms with Gasteiger partial charge in [0.1, 0.15) is 21.6 Å². The summed E-state index contributed by atoms with van der Waals surface area (Å²) < 4.78 is 6.00. The molecule has 1 aromatic rings. The van der Waals surface area contributed by atoms with Crippen LogP contribution in [-0.2, 0) is 3.07 Å². The third kappa shape index (κ3) is 0.811. The summed E-state index contributed by atoms with van der Waals surface area (Å²) in [5.74, 6) is -0.150. The number of hydrogen-bond acceptors (Lipinski definition) is 2. The Morgan fingerprint density at radius 2 is 2.10 bits per heavy atom. The molecule has 0 aliphatic carbocycles. The zero-order chi connectivity index (χ0) is 6.97. The van der Waals surface area contributed by atoms with Crippen LogP contribution >= 0.6 is 21.6 Å². The molecule has 1 aliphatic heterocycles. The Hall–Kier alpha value is -0.580. The normalized spacial score (nSPS) is 14.6. The molecule has 0 spiro atoms. The lowest BCUT2D eigenvalue weighted by atomic mass is 10.2. The topological polar surface area (TPSA) is 26.3 Å². The van der Waals surface area contributed by atoms with E-state index in [9.17, 15) is 4.79 Å². The molecule has 2 nitrogen and oxygen atoms in total. The molecule has 0 amide bonds. The Balaban J connectivity index is 2.61. The molecule has 1 aromatic carbocycles. The second-order valence-electron chi connectivity index (χ2n) is 1.92. The Kier molecular flexibility index (Phi) is 1.37. The molecule has 1 heterocycles. The van der Waals surface area contributed by atoms with Crippen molar-refractivity contribution in [2.45, 2.75) is 0 Å². The van der Waals surface area contributed by atoms with Gasteiger partial charge >= 0.3 is 5.97 Å². The first kappa shape index (κ1) is 6.15. The number of fused-ring (bicyclic) bond motifs is 1. The van der Waals surface area contributed by atoms with E-state index in [-0.39, 0.29) is 5.97 Å². The van der Waals surface area contributed by atoms with Crippen molar-refractivity contribution < 1.29 is 7.86 Å². The van der Waals surface area contributed by atoms with Crippen LogP contribution in [0.5, 0.6) is 0 Å². The molecule has 1 aliphatic rings. The SMILES string of the molecule is O=C1O[I]c2ccccc21. The van der Waals surface area contributed by atoms with E-state index in [1.54, 1.807) is 0 Å². The van der Waals surface area contributed by atoms with Gasteiger partial charge in [-0.15, -0.1) is 0 Å². The average molecular weight is 247 g/mol. The van der Waals surface area contributed by atoms with Crippen molar-refractivity contribution in [3.8, 4) is 0 Å². The second kappa shape index (κ2) is 2.23. The Labute approximate surface area is 69.0 Å². The van der Waals surface area contributed by atoms with Crippen molar-refractivity contribution in [3.63, 3.8) is 0 Å². The van der Waals surface area contributed by atoms with Gasteiger partial charge in [-0.3, -0.25) is 0 Å². The zero-order valence-corrected chi connectivity index (χ0v) is 7.16. The molecule has 0 fully saturated rings. The van der Waals surface area contributed by atoms with Crippen molar-refractivity contribution >= 4 is 27.6 Å². The molecule has 0 saturated carbocycles. The van der Waals surface area contributed by atoms with Crippen molar-refractivity contribution in [1.82, 2.24) is 0 Å². The van der Waals surface area contributed by atoms with Crippen molar-refractivity contribution in [3.05, 3.63) is 33.4 Å². The van der Waals surface area contributed by atoms with E-state index in [0.29, 0.717) is 0 Å². The summed E-state index contributed by atoms with van der Waals surface area (Å²) in [6.45, 7) is 0. The number of benzene rings is 1. The molecule has 51 valence electrons. The third-order valence-electron chi connectivity index (χ3n) is 1.29.